The van der Waals surface area contributed by atoms with Crippen molar-refractivity contribution in [2.24, 2.45) is 17.6 Å². The van der Waals surface area contributed by atoms with Crippen molar-refractivity contribution in [3.8, 4) is 5.75 Å². The summed E-state index contributed by atoms with van der Waals surface area (Å²) in [6.45, 7) is 3.81. The van der Waals surface area contributed by atoms with Crippen molar-refractivity contribution in [1.82, 2.24) is 0 Å². The molecule has 44 heavy (non-hydrogen) atoms. The van der Waals surface area contributed by atoms with Crippen LogP contribution < -0.4 is 16.4 Å². The van der Waals surface area contributed by atoms with Crippen LogP contribution in [0.4, 0.5) is 16.2 Å². The lowest BCUT2D eigenvalue weighted by atomic mass is 9.59. The molecule has 0 aliphatic heterocycles. The maximum Gasteiger partial charge on any atom is 0.323 e. The Bertz CT molecular complexity index is 1870. The maximum absolute atomic E-state index is 13.8. The molecule has 3 amide bonds. The van der Waals surface area contributed by atoms with Crippen LogP contribution in [0, 0.1) is 11.8 Å². The molecular formula is C33H31N3O8. The van der Waals surface area contributed by atoms with Gasteiger partial charge in [-0.05, 0) is 53.3 Å². The van der Waals surface area contributed by atoms with E-state index >= 15 is 0 Å². The molecule has 0 aromatic heterocycles. The number of primary amides is 1. The Morgan fingerprint density at radius 2 is 1.66 bits per heavy atom. The van der Waals surface area contributed by atoms with E-state index in [-0.39, 0.29) is 42.0 Å². The molecule has 8 N–H and O–H groups in total. The number of nitrogens with two attached hydrogens (primary N) is 1. The maximum atomic E-state index is 13.8. The second-order valence-electron chi connectivity index (χ2n) is 11.9. The number of carbonyl (C=O) groups is 4. The summed E-state index contributed by atoms with van der Waals surface area (Å²) in [5, 5.41) is 52.4. The normalized spacial score (nSPS) is 22.9. The number of nitrogens with one attached hydrogen (secondary N) is 2. The Hall–Kier alpha value is -5.16. The Labute approximate surface area is 251 Å². The third-order valence-electron chi connectivity index (χ3n) is 9.01. The van der Waals surface area contributed by atoms with Crippen molar-refractivity contribution in [1.29, 1.82) is 0 Å². The van der Waals surface area contributed by atoms with E-state index in [9.17, 15) is 39.6 Å². The first kappa shape index (κ1) is 28.9. The third kappa shape index (κ3) is 4.22. The van der Waals surface area contributed by atoms with E-state index in [4.69, 9.17) is 5.73 Å². The summed E-state index contributed by atoms with van der Waals surface area (Å²) in [5.41, 5.74) is 3.22. The van der Waals surface area contributed by atoms with Crippen molar-refractivity contribution >= 4 is 51.4 Å². The van der Waals surface area contributed by atoms with Gasteiger partial charge < -0.3 is 36.8 Å². The molecule has 0 saturated heterocycles. The van der Waals surface area contributed by atoms with Crippen molar-refractivity contribution in [3.63, 3.8) is 0 Å². The minimum atomic E-state index is -2.65. The number of ketones is 2. The first-order valence-electron chi connectivity index (χ1n) is 14.3. The Morgan fingerprint density at radius 3 is 2.36 bits per heavy atom. The number of hydrogen-bond donors (Lipinski definition) is 7. The average molecular weight is 598 g/mol. The second kappa shape index (κ2) is 10.2. The number of amides is 3. The number of rotatable bonds is 4. The highest BCUT2D eigenvalue weighted by Gasteiger charge is 2.60. The predicted molar refractivity (Wildman–Crippen MR) is 162 cm³/mol. The summed E-state index contributed by atoms with van der Waals surface area (Å²) in [6, 6.07) is 13.9. The van der Waals surface area contributed by atoms with Crippen LogP contribution in [0.3, 0.4) is 0 Å². The first-order valence-corrected chi connectivity index (χ1v) is 14.3. The molecule has 0 heterocycles. The molecule has 3 aliphatic rings. The fraction of sp³-hybridized carbons (Fsp3) is 0.273. The number of aliphatic hydroxyl groups is 3. The molecule has 6 rings (SSSR count). The second-order valence-corrected chi connectivity index (χ2v) is 11.9. The average Bonchev–Trinajstić information content (AvgIpc) is 2.96. The van der Waals surface area contributed by atoms with Crippen LogP contribution in [0.15, 0.2) is 65.4 Å². The van der Waals surface area contributed by atoms with E-state index in [1.54, 1.807) is 18.2 Å². The predicted octanol–water partition coefficient (Wildman–Crippen LogP) is 4.34. The molecule has 0 spiro atoms. The highest BCUT2D eigenvalue weighted by molar-refractivity contribution is 6.23. The highest BCUT2D eigenvalue weighted by Crippen LogP contribution is 2.53. The van der Waals surface area contributed by atoms with E-state index in [0.717, 1.165) is 10.8 Å². The van der Waals surface area contributed by atoms with Gasteiger partial charge >= 0.3 is 6.03 Å². The summed E-state index contributed by atoms with van der Waals surface area (Å²) in [5.74, 6) is -7.20. The summed E-state index contributed by atoms with van der Waals surface area (Å²) < 4.78 is 0. The van der Waals surface area contributed by atoms with Gasteiger partial charge in [0, 0.05) is 23.3 Å². The van der Waals surface area contributed by atoms with E-state index in [0.29, 0.717) is 16.8 Å². The Kier molecular flexibility index (Phi) is 6.73. The lowest BCUT2D eigenvalue weighted by Crippen LogP contribution is -2.58. The van der Waals surface area contributed by atoms with E-state index in [1.165, 1.54) is 0 Å². The molecule has 3 aromatic carbocycles. The number of aliphatic hydroxyl groups excluding tert-OH is 2. The van der Waals surface area contributed by atoms with E-state index < -0.39 is 63.8 Å². The molecule has 1 fully saturated rings. The number of urea groups is 1. The summed E-state index contributed by atoms with van der Waals surface area (Å²) >= 11 is 0. The highest BCUT2D eigenvalue weighted by atomic mass is 16.3. The number of fused-ring (bicyclic) bond motifs is 4. The molecule has 3 atom stereocenters. The topological polar surface area (TPSA) is 199 Å². The monoisotopic (exact) mass is 597 g/mol. The zero-order chi connectivity index (χ0) is 31.7. The SMILES string of the molecule is CC(C)c1cc(NC(=O)Nc2cccc3ccccc23)c(O)c2c1C[C@H]1C[C@H]3CC(=O)C(C(N)=O)=C(O)[C@@]3(O)C(=O)C1=C2O. The Morgan fingerprint density at radius 1 is 0.977 bits per heavy atom. The van der Waals surface area contributed by atoms with Crippen LogP contribution in [0.25, 0.3) is 16.5 Å². The molecule has 3 aliphatic carbocycles. The number of hydrogen-bond acceptors (Lipinski definition) is 8. The zero-order valence-corrected chi connectivity index (χ0v) is 24.0. The molecular weight excluding hydrogens is 566 g/mol. The number of carbonyl (C=O) groups excluding carboxylic acids is 4. The van der Waals surface area contributed by atoms with Crippen LogP contribution in [-0.4, -0.2) is 49.5 Å². The van der Waals surface area contributed by atoms with Crippen molar-refractivity contribution in [2.45, 2.75) is 44.6 Å². The quantitative estimate of drug-likeness (QED) is 0.170. The van der Waals surface area contributed by atoms with Crippen LogP contribution in [-0.2, 0) is 20.8 Å². The molecule has 3 aromatic rings. The van der Waals surface area contributed by atoms with Crippen LogP contribution in [0.1, 0.15) is 49.3 Å². The Balaban J connectivity index is 1.42. The van der Waals surface area contributed by atoms with Gasteiger partial charge in [-0.2, -0.15) is 0 Å². The van der Waals surface area contributed by atoms with Gasteiger partial charge in [-0.1, -0.05) is 50.2 Å². The number of benzene rings is 3. The van der Waals surface area contributed by atoms with Crippen molar-refractivity contribution in [3.05, 3.63) is 82.1 Å². The molecule has 1 saturated carbocycles. The summed E-state index contributed by atoms with van der Waals surface area (Å²) in [6.07, 6.45) is -0.175. The lowest BCUT2D eigenvalue weighted by molar-refractivity contribution is -0.147. The molecule has 11 heteroatoms. The van der Waals surface area contributed by atoms with Crippen LogP contribution in [0.2, 0.25) is 0 Å². The number of aromatic hydroxyl groups is 1. The minimum Gasteiger partial charge on any atom is -0.508 e. The van der Waals surface area contributed by atoms with Gasteiger partial charge in [0.25, 0.3) is 5.91 Å². The van der Waals surface area contributed by atoms with E-state index in [2.05, 4.69) is 10.6 Å². The van der Waals surface area contributed by atoms with Gasteiger partial charge in [0.15, 0.2) is 11.4 Å². The first-order chi connectivity index (χ1) is 20.8. The van der Waals surface area contributed by atoms with Crippen molar-refractivity contribution in [2.75, 3.05) is 10.6 Å². The van der Waals surface area contributed by atoms with Crippen LogP contribution in [0.5, 0.6) is 5.75 Å². The molecule has 226 valence electrons. The number of phenolic OH excluding ortho intramolecular Hbond substituents is 1. The number of Topliss-reactive ketones (excluding diaryl/α,β-unsaturated/α-hetero) is 2. The van der Waals surface area contributed by atoms with Gasteiger partial charge in [0.1, 0.15) is 22.8 Å². The standard InChI is InChI=1S/C33H31N3O8/c1-14(2)19-13-22(36-32(43)35-21-9-5-7-15-6-3-4-8-18(15)21)27(38)25-20(19)11-16-10-17-12-23(37)26(31(34)42)30(41)33(17,44)29(40)24(16)28(25)39/h3-9,13-14,16-17,38-39,41,44H,10-12H2,1-2H3,(H2,34,42)(H2,35,36,43)/t16-,17+,33+/m1/s1. The number of phenols is 1. The summed E-state index contributed by atoms with van der Waals surface area (Å²) in [4.78, 5) is 51.5. The number of anilines is 2. The van der Waals surface area contributed by atoms with Gasteiger partial charge in [-0.15, -0.1) is 0 Å². The molecule has 0 radical (unpaired) electrons. The van der Waals surface area contributed by atoms with Crippen LogP contribution >= 0.6 is 0 Å². The fourth-order valence-electron chi connectivity index (χ4n) is 6.94. The fourth-order valence-corrected chi connectivity index (χ4v) is 6.94. The van der Waals surface area contributed by atoms with Gasteiger partial charge in [0.05, 0.1) is 16.9 Å². The van der Waals surface area contributed by atoms with Crippen molar-refractivity contribution < 1.29 is 39.6 Å². The lowest BCUT2D eigenvalue weighted by Gasteiger charge is -2.46. The van der Waals surface area contributed by atoms with Gasteiger partial charge in [0.2, 0.25) is 5.78 Å². The molecule has 0 bridgehead atoms. The smallest absolute Gasteiger partial charge is 0.323 e. The van der Waals surface area contributed by atoms with Gasteiger partial charge in [-0.25, -0.2) is 4.79 Å². The van der Waals surface area contributed by atoms with E-state index in [1.807, 2.05) is 44.2 Å². The largest absolute Gasteiger partial charge is 0.508 e. The molecule has 0 unspecified atom stereocenters. The summed E-state index contributed by atoms with van der Waals surface area (Å²) in [7, 11) is 0. The van der Waals surface area contributed by atoms with Gasteiger partial charge in [-0.3, -0.25) is 14.4 Å². The minimum absolute atomic E-state index is 0.0161. The third-order valence-corrected chi connectivity index (χ3v) is 9.01. The zero-order valence-electron chi connectivity index (χ0n) is 24.0. The molecule has 11 nitrogen and oxygen atoms in total.